The molecule has 104 valence electrons. The van der Waals surface area contributed by atoms with Crippen molar-refractivity contribution in [3.05, 3.63) is 59.7 Å². The number of thiophene rings is 1. The second-order valence-corrected chi connectivity index (χ2v) is 6.83. The van der Waals surface area contributed by atoms with Crippen molar-refractivity contribution < 1.29 is 9.72 Å². The van der Waals surface area contributed by atoms with Gasteiger partial charge in [0.05, 0.1) is 15.3 Å². The van der Waals surface area contributed by atoms with Crippen LogP contribution in [0.15, 0.2) is 34.1 Å². The van der Waals surface area contributed by atoms with E-state index in [1.807, 2.05) is 12.1 Å². The Morgan fingerprint density at radius 2 is 2.15 bits per heavy atom. The minimum Gasteiger partial charge on any atom is -0.347 e. The Kier molecular flexibility index (Phi) is 4.74. The maximum atomic E-state index is 12.0. The van der Waals surface area contributed by atoms with Gasteiger partial charge in [0.15, 0.2) is 0 Å². The number of nitrogens with one attached hydrogen (secondary N) is 1. The summed E-state index contributed by atoms with van der Waals surface area (Å²) in [5.74, 6) is -0.403. The van der Waals surface area contributed by atoms with Gasteiger partial charge in [0.2, 0.25) is 0 Å². The van der Waals surface area contributed by atoms with E-state index < -0.39 is 10.8 Å². The summed E-state index contributed by atoms with van der Waals surface area (Å²) >= 11 is 10.6. The predicted molar refractivity (Wildman–Crippen MR) is 81.3 cm³/mol. The van der Waals surface area contributed by atoms with Crippen molar-refractivity contribution in [2.24, 2.45) is 0 Å². The van der Waals surface area contributed by atoms with E-state index in [1.165, 1.54) is 29.5 Å². The largest absolute Gasteiger partial charge is 0.347 e. The molecule has 2 aromatic rings. The van der Waals surface area contributed by atoms with E-state index in [4.69, 9.17) is 11.6 Å². The van der Waals surface area contributed by atoms with Crippen molar-refractivity contribution in [3.63, 3.8) is 0 Å². The quantitative estimate of drug-likeness (QED) is 0.648. The molecule has 1 aromatic heterocycles. The Hall–Kier alpha value is -1.44. The zero-order chi connectivity index (χ0) is 14.7. The van der Waals surface area contributed by atoms with E-state index in [0.29, 0.717) is 6.54 Å². The number of carbonyl (C=O) groups excluding carboxylic acids is 1. The third kappa shape index (κ3) is 3.78. The highest BCUT2D eigenvalue weighted by Crippen LogP contribution is 2.23. The lowest BCUT2D eigenvalue weighted by Crippen LogP contribution is -2.22. The van der Waals surface area contributed by atoms with E-state index in [1.54, 1.807) is 0 Å². The first kappa shape index (κ1) is 15.0. The molecule has 20 heavy (non-hydrogen) atoms. The number of nitro benzene ring substituents is 1. The molecule has 0 radical (unpaired) electrons. The molecule has 8 heteroatoms. The molecule has 1 N–H and O–H groups in total. The van der Waals surface area contributed by atoms with Crippen LogP contribution in [0.25, 0.3) is 0 Å². The molecular weight excluding hydrogens is 368 g/mol. The molecule has 1 amide bonds. The van der Waals surface area contributed by atoms with Gasteiger partial charge in [-0.05, 0) is 34.1 Å². The molecule has 1 aromatic carbocycles. The molecule has 0 aliphatic carbocycles. The number of hydrogen-bond donors (Lipinski definition) is 1. The van der Waals surface area contributed by atoms with Gasteiger partial charge in [0.1, 0.15) is 0 Å². The summed E-state index contributed by atoms with van der Waals surface area (Å²) in [5.41, 5.74) is -0.0404. The number of carbonyl (C=O) groups is 1. The van der Waals surface area contributed by atoms with E-state index in [0.717, 1.165) is 8.66 Å². The zero-order valence-corrected chi connectivity index (χ0v) is 13.1. The van der Waals surface area contributed by atoms with Crippen LogP contribution in [0, 0.1) is 10.1 Å². The Morgan fingerprint density at radius 1 is 1.40 bits per heavy atom. The third-order valence-electron chi connectivity index (χ3n) is 2.41. The summed E-state index contributed by atoms with van der Waals surface area (Å²) in [6, 6.07) is 7.57. The maximum absolute atomic E-state index is 12.0. The lowest BCUT2D eigenvalue weighted by molar-refractivity contribution is -0.384. The Balaban J connectivity index is 2.10. The van der Waals surface area contributed by atoms with Gasteiger partial charge in [-0.1, -0.05) is 11.6 Å². The second-order valence-electron chi connectivity index (χ2n) is 3.84. The molecule has 0 spiro atoms. The predicted octanol–water partition coefficient (Wildman–Crippen LogP) is 4.00. The van der Waals surface area contributed by atoms with Crippen molar-refractivity contribution in [2.75, 3.05) is 0 Å². The van der Waals surface area contributed by atoms with Gasteiger partial charge < -0.3 is 5.32 Å². The normalized spacial score (nSPS) is 10.3. The average Bonchev–Trinajstić information content (AvgIpc) is 2.81. The lowest BCUT2D eigenvalue weighted by Gasteiger charge is -2.04. The van der Waals surface area contributed by atoms with Gasteiger partial charge in [0, 0.05) is 27.6 Å². The monoisotopic (exact) mass is 374 g/mol. The van der Waals surface area contributed by atoms with Crippen LogP contribution in [-0.2, 0) is 6.54 Å². The Labute approximate surface area is 131 Å². The van der Waals surface area contributed by atoms with Crippen LogP contribution in [0.4, 0.5) is 5.69 Å². The molecule has 0 saturated heterocycles. The van der Waals surface area contributed by atoms with Crippen LogP contribution >= 0.6 is 38.9 Å². The van der Waals surface area contributed by atoms with E-state index >= 15 is 0 Å². The smallest absolute Gasteiger partial charge is 0.271 e. The zero-order valence-electron chi connectivity index (χ0n) is 9.93. The number of nitro groups is 1. The molecule has 0 unspecified atom stereocenters. The van der Waals surface area contributed by atoms with E-state index in [2.05, 4.69) is 21.2 Å². The highest BCUT2D eigenvalue weighted by atomic mass is 79.9. The fraction of sp³-hybridized carbons (Fsp3) is 0.0833. The standard InChI is InChI=1S/C12H8BrClN2O3S/c13-11-2-1-10(20-11)6-15-12(17)7-3-8(14)5-9(4-7)16(18)19/h1-5H,6H2,(H,15,17). The second kappa shape index (κ2) is 6.34. The summed E-state index contributed by atoms with van der Waals surface area (Å²) in [5, 5.41) is 13.6. The molecular formula is C12H8BrClN2O3S. The van der Waals surface area contributed by atoms with Crippen LogP contribution in [0.3, 0.4) is 0 Å². The third-order valence-corrected chi connectivity index (χ3v) is 4.25. The molecule has 0 aliphatic heterocycles. The number of benzene rings is 1. The van der Waals surface area contributed by atoms with Gasteiger partial charge in [-0.15, -0.1) is 11.3 Å². The van der Waals surface area contributed by atoms with Gasteiger partial charge >= 0.3 is 0 Å². The number of nitrogens with zero attached hydrogens (tertiary/aromatic N) is 1. The maximum Gasteiger partial charge on any atom is 0.271 e. The highest BCUT2D eigenvalue weighted by Gasteiger charge is 2.14. The first-order valence-corrected chi connectivity index (χ1v) is 7.42. The van der Waals surface area contributed by atoms with Crippen molar-refractivity contribution in [1.29, 1.82) is 0 Å². The molecule has 0 fully saturated rings. The first-order chi connectivity index (χ1) is 9.45. The van der Waals surface area contributed by atoms with E-state index in [-0.39, 0.29) is 16.3 Å². The summed E-state index contributed by atoms with van der Waals surface area (Å²) in [6.45, 7) is 0.357. The molecule has 0 saturated carbocycles. The van der Waals surface area contributed by atoms with Crippen LogP contribution in [-0.4, -0.2) is 10.8 Å². The minimum absolute atomic E-state index is 0.156. The summed E-state index contributed by atoms with van der Waals surface area (Å²) in [6.07, 6.45) is 0. The number of halogens is 2. The highest BCUT2D eigenvalue weighted by molar-refractivity contribution is 9.11. The molecule has 1 heterocycles. The fourth-order valence-electron chi connectivity index (χ4n) is 1.53. The topological polar surface area (TPSA) is 72.2 Å². The Bertz CT molecular complexity index is 674. The molecule has 0 atom stereocenters. The van der Waals surface area contributed by atoms with Crippen LogP contribution in [0.5, 0.6) is 0 Å². The van der Waals surface area contributed by atoms with Gasteiger partial charge in [-0.25, -0.2) is 0 Å². The van der Waals surface area contributed by atoms with Crippen molar-refractivity contribution >= 4 is 50.5 Å². The van der Waals surface area contributed by atoms with Crippen LogP contribution in [0.2, 0.25) is 5.02 Å². The molecule has 0 aliphatic rings. The first-order valence-electron chi connectivity index (χ1n) is 5.43. The minimum atomic E-state index is -0.584. The summed E-state index contributed by atoms with van der Waals surface area (Å²) in [4.78, 5) is 23.1. The SMILES string of the molecule is O=C(NCc1ccc(Br)s1)c1cc(Cl)cc([N+](=O)[O-])c1. The number of non-ortho nitro benzene ring substituents is 1. The summed E-state index contributed by atoms with van der Waals surface area (Å²) in [7, 11) is 0. The lowest BCUT2D eigenvalue weighted by atomic mass is 10.2. The van der Waals surface area contributed by atoms with Crippen LogP contribution < -0.4 is 5.32 Å². The van der Waals surface area contributed by atoms with Crippen molar-refractivity contribution in [2.45, 2.75) is 6.54 Å². The Morgan fingerprint density at radius 3 is 2.75 bits per heavy atom. The molecule has 2 rings (SSSR count). The average molecular weight is 376 g/mol. The van der Waals surface area contributed by atoms with Gasteiger partial charge in [-0.3, -0.25) is 14.9 Å². The number of amides is 1. The van der Waals surface area contributed by atoms with Crippen LogP contribution in [0.1, 0.15) is 15.2 Å². The van der Waals surface area contributed by atoms with Gasteiger partial charge in [0.25, 0.3) is 11.6 Å². The molecule has 0 bridgehead atoms. The van der Waals surface area contributed by atoms with Gasteiger partial charge in [-0.2, -0.15) is 0 Å². The molecule has 5 nitrogen and oxygen atoms in total. The number of hydrogen-bond acceptors (Lipinski definition) is 4. The fourth-order valence-corrected chi connectivity index (χ4v) is 3.18. The van der Waals surface area contributed by atoms with Crippen molar-refractivity contribution in [1.82, 2.24) is 5.32 Å². The van der Waals surface area contributed by atoms with Crippen molar-refractivity contribution in [3.8, 4) is 0 Å². The number of rotatable bonds is 4. The van der Waals surface area contributed by atoms with E-state index in [9.17, 15) is 14.9 Å². The summed E-state index contributed by atoms with van der Waals surface area (Å²) < 4.78 is 0.972.